The number of para-hydroxylation sites is 1. The molecule has 0 amide bonds. The second-order valence-corrected chi connectivity index (χ2v) is 12.3. The Kier molecular flexibility index (Phi) is 6.00. The molecule has 45 heavy (non-hydrogen) atoms. The van der Waals surface area contributed by atoms with Crippen molar-refractivity contribution < 1.29 is 4.42 Å². The van der Waals surface area contributed by atoms with Crippen molar-refractivity contribution in [2.24, 2.45) is 0 Å². The summed E-state index contributed by atoms with van der Waals surface area (Å²) in [7, 11) is 0. The number of fused-ring (bicyclic) bond motifs is 6. The zero-order valence-corrected chi connectivity index (χ0v) is 25.0. The summed E-state index contributed by atoms with van der Waals surface area (Å²) in [6.07, 6.45) is 0. The molecule has 0 saturated heterocycles. The van der Waals surface area contributed by atoms with E-state index < -0.39 is 0 Å². The fourth-order valence-corrected chi connectivity index (χ4v) is 7.53. The molecule has 0 bridgehead atoms. The highest BCUT2D eigenvalue weighted by Crippen LogP contribution is 2.47. The van der Waals surface area contributed by atoms with Crippen LogP contribution in [0.15, 0.2) is 162 Å². The highest BCUT2D eigenvalue weighted by atomic mass is 32.1. The Morgan fingerprint density at radius 2 is 1.18 bits per heavy atom. The Hall–Kier alpha value is -5.71. The van der Waals surface area contributed by atoms with Gasteiger partial charge in [0.05, 0.1) is 11.4 Å². The number of aromatic nitrogens is 1. The van der Waals surface area contributed by atoms with Crippen molar-refractivity contribution >= 4 is 70.4 Å². The first-order valence-corrected chi connectivity index (χ1v) is 15.9. The number of nitrogens with zero attached hydrogens (tertiary/aromatic N) is 2. The van der Waals surface area contributed by atoms with Gasteiger partial charge in [-0.25, -0.2) is 4.98 Å². The zero-order chi connectivity index (χ0) is 29.7. The first-order chi connectivity index (χ1) is 22.3. The van der Waals surface area contributed by atoms with Crippen LogP contribution in [0, 0.1) is 0 Å². The first kappa shape index (κ1) is 25.8. The van der Waals surface area contributed by atoms with Gasteiger partial charge in [0, 0.05) is 42.4 Å². The van der Waals surface area contributed by atoms with Crippen LogP contribution in [-0.2, 0) is 0 Å². The molecule has 3 nitrogen and oxygen atoms in total. The summed E-state index contributed by atoms with van der Waals surface area (Å²) in [5.74, 6) is 0.611. The van der Waals surface area contributed by atoms with Gasteiger partial charge in [0.2, 0.25) is 5.89 Å². The number of hydrogen-bond acceptors (Lipinski definition) is 4. The summed E-state index contributed by atoms with van der Waals surface area (Å²) in [6, 6.07) is 55.5. The Morgan fingerprint density at radius 1 is 0.511 bits per heavy atom. The Balaban J connectivity index is 1.37. The molecule has 0 radical (unpaired) electrons. The van der Waals surface area contributed by atoms with Gasteiger partial charge in [0.1, 0.15) is 5.52 Å². The molecule has 0 N–H and O–H groups in total. The van der Waals surface area contributed by atoms with Gasteiger partial charge in [-0.2, -0.15) is 0 Å². The van der Waals surface area contributed by atoms with Gasteiger partial charge in [-0.1, -0.05) is 115 Å². The van der Waals surface area contributed by atoms with Crippen molar-refractivity contribution in [1.82, 2.24) is 4.98 Å². The summed E-state index contributed by atoms with van der Waals surface area (Å²) >= 11 is 1.83. The van der Waals surface area contributed by atoms with Crippen LogP contribution in [0.3, 0.4) is 0 Å². The minimum Gasteiger partial charge on any atom is -0.435 e. The number of benzene rings is 7. The number of oxazole rings is 1. The molecule has 0 unspecified atom stereocenters. The lowest BCUT2D eigenvalue weighted by Crippen LogP contribution is -2.12. The molecule has 2 aromatic heterocycles. The van der Waals surface area contributed by atoms with Crippen LogP contribution < -0.4 is 4.90 Å². The number of rotatable bonds is 5. The van der Waals surface area contributed by atoms with Crippen LogP contribution in [0.1, 0.15) is 0 Å². The highest BCUT2D eigenvalue weighted by molar-refractivity contribution is 7.25. The Labute approximate surface area is 264 Å². The molecule has 9 rings (SSSR count). The zero-order valence-electron chi connectivity index (χ0n) is 24.2. The smallest absolute Gasteiger partial charge is 0.227 e. The molecule has 9 aromatic rings. The minimum absolute atomic E-state index is 0.611. The number of anilines is 3. The van der Waals surface area contributed by atoms with Gasteiger partial charge in [-0.3, -0.25) is 0 Å². The lowest BCUT2D eigenvalue weighted by atomic mass is 10.0. The first-order valence-electron chi connectivity index (χ1n) is 15.1. The summed E-state index contributed by atoms with van der Waals surface area (Å²) in [4.78, 5) is 7.56. The van der Waals surface area contributed by atoms with Gasteiger partial charge in [-0.15, -0.1) is 11.3 Å². The topological polar surface area (TPSA) is 29.3 Å². The summed E-state index contributed by atoms with van der Waals surface area (Å²) in [5.41, 5.74) is 7.97. The highest BCUT2D eigenvalue weighted by Gasteiger charge is 2.24. The van der Waals surface area contributed by atoms with Crippen LogP contribution in [0.2, 0.25) is 0 Å². The monoisotopic (exact) mass is 594 g/mol. The van der Waals surface area contributed by atoms with Gasteiger partial charge < -0.3 is 9.32 Å². The molecule has 7 aromatic carbocycles. The van der Waals surface area contributed by atoms with Gasteiger partial charge in [0.25, 0.3) is 0 Å². The molecule has 212 valence electrons. The molecule has 0 spiro atoms. The van der Waals surface area contributed by atoms with Crippen molar-refractivity contribution in [3.8, 4) is 22.6 Å². The largest absolute Gasteiger partial charge is 0.435 e. The van der Waals surface area contributed by atoms with E-state index in [-0.39, 0.29) is 0 Å². The third-order valence-corrected chi connectivity index (χ3v) is 9.61. The summed E-state index contributed by atoms with van der Waals surface area (Å²) in [5, 5.41) is 4.70. The normalized spacial score (nSPS) is 11.6. The van der Waals surface area contributed by atoms with E-state index in [4.69, 9.17) is 9.40 Å². The average Bonchev–Trinajstić information content (AvgIpc) is 3.72. The van der Waals surface area contributed by atoms with Crippen LogP contribution in [0.4, 0.5) is 17.1 Å². The number of thiophene rings is 1. The van der Waals surface area contributed by atoms with E-state index in [1.165, 1.54) is 20.2 Å². The molecule has 0 aliphatic carbocycles. The molecule has 0 fully saturated rings. The van der Waals surface area contributed by atoms with Crippen molar-refractivity contribution in [2.75, 3.05) is 4.90 Å². The average molecular weight is 595 g/mol. The maximum atomic E-state index is 6.62. The lowest BCUT2D eigenvalue weighted by Gasteiger charge is -2.28. The van der Waals surface area contributed by atoms with Gasteiger partial charge >= 0.3 is 0 Å². The van der Waals surface area contributed by atoms with Crippen LogP contribution in [0.25, 0.3) is 64.6 Å². The second-order valence-electron chi connectivity index (χ2n) is 11.2. The van der Waals surface area contributed by atoms with E-state index in [9.17, 15) is 0 Å². The van der Waals surface area contributed by atoms with E-state index in [1.807, 2.05) is 41.7 Å². The predicted octanol–water partition coefficient (Wildman–Crippen LogP) is 12.2. The van der Waals surface area contributed by atoms with Crippen molar-refractivity contribution in [2.45, 2.75) is 0 Å². The molecule has 2 heterocycles. The van der Waals surface area contributed by atoms with E-state index in [2.05, 4.69) is 132 Å². The number of hydrogen-bond donors (Lipinski definition) is 0. The van der Waals surface area contributed by atoms with Crippen molar-refractivity contribution in [3.63, 3.8) is 0 Å². The maximum Gasteiger partial charge on any atom is 0.227 e. The Morgan fingerprint density at radius 3 is 2.02 bits per heavy atom. The molecule has 0 aliphatic rings. The SMILES string of the molecule is c1ccc(-c2nc3c(N(c4ccc5c(c4)sc4ccccc45)c4ccccc4-c4ccccc4)cc4ccccc4c3o2)cc1. The third-order valence-electron chi connectivity index (χ3n) is 8.48. The fraction of sp³-hybridized carbons (Fsp3) is 0. The van der Waals surface area contributed by atoms with E-state index >= 15 is 0 Å². The lowest BCUT2D eigenvalue weighted by molar-refractivity contribution is 0.623. The van der Waals surface area contributed by atoms with Crippen molar-refractivity contribution in [1.29, 1.82) is 0 Å². The molecular formula is C41H26N2OS. The molecular weight excluding hydrogens is 569 g/mol. The third kappa shape index (κ3) is 4.30. The van der Waals surface area contributed by atoms with Gasteiger partial charge in [-0.05, 0) is 53.4 Å². The molecule has 0 saturated carbocycles. The molecule has 0 atom stereocenters. The molecule has 0 aliphatic heterocycles. The summed E-state index contributed by atoms with van der Waals surface area (Å²) in [6.45, 7) is 0. The van der Waals surface area contributed by atoms with Gasteiger partial charge in [0.15, 0.2) is 5.58 Å². The predicted molar refractivity (Wildman–Crippen MR) is 190 cm³/mol. The van der Waals surface area contributed by atoms with Crippen molar-refractivity contribution in [3.05, 3.63) is 158 Å². The van der Waals surface area contributed by atoms with Crippen LogP contribution >= 0.6 is 11.3 Å². The van der Waals surface area contributed by atoms with E-state index in [0.29, 0.717) is 5.89 Å². The van der Waals surface area contributed by atoms with E-state index in [1.54, 1.807) is 0 Å². The fourth-order valence-electron chi connectivity index (χ4n) is 6.39. The van der Waals surface area contributed by atoms with E-state index in [0.717, 1.165) is 55.6 Å². The molecule has 4 heteroatoms. The quantitative estimate of drug-likeness (QED) is 0.198. The minimum atomic E-state index is 0.611. The second kappa shape index (κ2) is 10.5. The maximum absolute atomic E-state index is 6.62. The standard InChI is InChI=1S/C41H26N2OS/c1-3-13-27(14-4-1)31-18-9-11-21-35(31)43(30-23-24-34-33-20-10-12-22-37(33)45-38(34)26-30)36-25-29-17-7-8-19-32(29)40-39(36)42-41(44-40)28-15-5-2-6-16-28/h1-26H. The van der Waals surface area contributed by atoms with Crippen LogP contribution in [0.5, 0.6) is 0 Å². The van der Waals surface area contributed by atoms with Crippen LogP contribution in [-0.4, -0.2) is 4.98 Å². The Bertz CT molecular complexity index is 2500. The summed E-state index contributed by atoms with van der Waals surface area (Å²) < 4.78 is 9.16.